The first-order valence-electron chi connectivity index (χ1n) is 7.61. The molecule has 3 rings (SSSR count). The van der Waals surface area contributed by atoms with Crippen molar-refractivity contribution in [3.8, 4) is 0 Å². The van der Waals surface area contributed by atoms with Gasteiger partial charge in [-0.25, -0.2) is 0 Å². The van der Waals surface area contributed by atoms with Gasteiger partial charge in [-0.05, 0) is 36.8 Å². The molecule has 1 saturated heterocycles. The maximum atomic E-state index is 4.49. The van der Waals surface area contributed by atoms with Gasteiger partial charge in [0.2, 0.25) is 0 Å². The van der Waals surface area contributed by atoms with Crippen molar-refractivity contribution < 1.29 is 0 Å². The van der Waals surface area contributed by atoms with Crippen LogP contribution in [0.5, 0.6) is 0 Å². The Morgan fingerprint density at radius 2 is 2.21 bits per heavy atom. The van der Waals surface area contributed by atoms with Crippen LogP contribution in [0.1, 0.15) is 32.4 Å². The molecular weight excluding hydrogens is 234 g/mol. The summed E-state index contributed by atoms with van der Waals surface area (Å²) in [4.78, 5) is 7.16. The Hall–Kier alpha value is -0.930. The van der Waals surface area contributed by atoms with Crippen LogP contribution >= 0.6 is 0 Å². The standard InChI is InChI=1S/C16H25N3/c1-12(2)15-11-19(10-14-5-3-4-8-17-14)16(9-18-15)13-6-7-13/h3-5,8,12-13,15-16,18H,6-7,9-11H2,1-2H3. The van der Waals surface area contributed by atoms with E-state index in [2.05, 4.69) is 41.2 Å². The van der Waals surface area contributed by atoms with Crippen LogP contribution < -0.4 is 5.32 Å². The van der Waals surface area contributed by atoms with Gasteiger partial charge in [0.05, 0.1) is 5.69 Å². The summed E-state index contributed by atoms with van der Waals surface area (Å²) < 4.78 is 0. The Bertz CT molecular complexity index is 400. The van der Waals surface area contributed by atoms with E-state index >= 15 is 0 Å². The third-order valence-electron chi connectivity index (χ3n) is 4.55. The van der Waals surface area contributed by atoms with E-state index in [4.69, 9.17) is 0 Å². The normalized spacial score (nSPS) is 28.8. The molecule has 2 unspecified atom stereocenters. The Morgan fingerprint density at radius 3 is 2.84 bits per heavy atom. The molecule has 1 aliphatic carbocycles. The fourth-order valence-electron chi connectivity index (χ4n) is 3.13. The van der Waals surface area contributed by atoms with E-state index in [-0.39, 0.29) is 0 Å². The molecule has 0 amide bonds. The number of nitrogens with one attached hydrogen (secondary N) is 1. The number of rotatable bonds is 4. The van der Waals surface area contributed by atoms with Gasteiger partial charge in [-0.2, -0.15) is 0 Å². The Labute approximate surface area is 116 Å². The van der Waals surface area contributed by atoms with Gasteiger partial charge in [-0.3, -0.25) is 9.88 Å². The smallest absolute Gasteiger partial charge is 0.0544 e. The highest BCUT2D eigenvalue weighted by molar-refractivity contribution is 5.05. The molecule has 0 radical (unpaired) electrons. The third-order valence-corrected chi connectivity index (χ3v) is 4.55. The molecule has 3 nitrogen and oxygen atoms in total. The molecule has 3 heteroatoms. The molecule has 1 N–H and O–H groups in total. The molecule has 104 valence electrons. The number of hydrogen-bond acceptors (Lipinski definition) is 3. The molecule has 0 aromatic carbocycles. The highest BCUT2D eigenvalue weighted by Gasteiger charge is 2.39. The van der Waals surface area contributed by atoms with Crippen molar-refractivity contribution >= 4 is 0 Å². The second-order valence-corrected chi connectivity index (χ2v) is 6.41. The fraction of sp³-hybridized carbons (Fsp3) is 0.688. The minimum Gasteiger partial charge on any atom is -0.311 e. The summed E-state index contributed by atoms with van der Waals surface area (Å²) in [5.41, 5.74) is 1.21. The second kappa shape index (κ2) is 5.59. The zero-order valence-corrected chi connectivity index (χ0v) is 12.0. The minimum absolute atomic E-state index is 0.624. The van der Waals surface area contributed by atoms with Crippen molar-refractivity contribution in [3.63, 3.8) is 0 Å². The van der Waals surface area contributed by atoms with Gasteiger partial charge in [0, 0.05) is 37.9 Å². The number of nitrogens with zero attached hydrogens (tertiary/aromatic N) is 2. The van der Waals surface area contributed by atoms with Crippen molar-refractivity contribution in [2.45, 2.75) is 45.3 Å². The average Bonchev–Trinajstić information content (AvgIpc) is 3.24. The summed E-state index contributed by atoms with van der Waals surface area (Å²) in [6.45, 7) is 7.95. The Kier molecular flexibility index (Phi) is 3.85. The van der Waals surface area contributed by atoms with E-state index in [1.807, 2.05) is 12.3 Å². The molecule has 1 aliphatic heterocycles. The monoisotopic (exact) mass is 259 g/mol. The molecule has 2 fully saturated rings. The van der Waals surface area contributed by atoms with E-state index in [0.717, 1.165) is 31.6 Å². The summed E-state index contributed by atoms with van der Waals surface area (Å²) in [6, 6.07) is 7.58. The second-order valence-electron chi connectivity index (χ2n) is 6.41. The zero-order valence-electron chi connectivity index (χ0n) is 12.0. The quantitative estimate of drug-likeness (QED) is 0.899. The molecule has 1 saturated carbocycles. The summed E-state index contributed by atoms with van der Waals surface area (Å²) in [5.74, 6) is 1.62. The lowest BCUT2D eigenvalue weighted by Gasteiger charge is -2.42. The summed E-state index contributed by atoms with van der Waals surface area (Å²) in [6.07, 6.45) is 4.73. The van der Waals surface area contributed by atoms with Crippen molar-refractivity contribution in [1.82, 2.24) is 15.2 Å². The molecule has 1 aromatic heterocycles. The number of piperazine rings is 1. The largest absolute Gasteiger partial charge is 0.311 e. The van der Waals surface area contributed by atoms with Crippen LogP contribution in [-0.4, -0.2) is 35.1 Å². The first-order chi connectivity index (χ1) is 9.24. The molecule has 2 heterocycles. The maximum absolute atomic E-state index is 4.49. The molecule has 0 bridgehead atoms. The number of pyridine rings is 1. The highest BCUT2D eigenvalue weighted by atomic mass is 15.2. The van der Waals surface area contributed by atoms with Crippen molar-refractivity contribution in [2.75, 3.05) is 13.1 Å². The third kappa shape index (κ3) is 3.15. The lowest BCUT2D eigenvalue weighted by atomic mass is 9.97. The van der Waals surface area contributed by atoms with Gasteiger partial charge in [0.1, 0.15) is 0 Å². The number of hydrogen-bond donors (Lipinski definition) is 1. The lowest BCUT2D eigenvalue weighted by Crippen LogP contribution is -2.58. The molecule has 19 heavy (non-hydrogen) atoms. The SMILES string of the molecule is CC(C)C1CN(Cc2ccccn2)C(C2CC2)CN1. The minimum atomic E-state index is 0.624. The van der Waals surface area contributed by atoms with Crippen LogP contribution in [0.3, 0.4) is 0 Å². The summed E-state index contributed by atoms with van der Waals surface area (Å²) in [5, 5.41) is 3.74. The van der Waals surface area contributed by atoms with Gasteiger partial charge in [-0.1, -0.05) is 19.9 Å². The Balaban J connectivity index is 1.70. The van der Waals surface area contributed by atoms with Gasteiger partial charge in [-0.15, -0.1) is 0 Å². The van der Waals surface area contributed by atoms with Crippen LogP contribution in [0.15, 0.2) is 24.4 Å². The van der Waals surface area contributed by atoms with Crippen LogP contribution in [0, 0.1) is 11.8 Å². The van der Waals surface area contributed by atoms with Crippen molar-refractivity contribution in [3.05, 3.63) is 30.1 Å². The topological polar surface area (TPSA) is 28.2 Å². The predicted molar refractivity (Wildman–Crippen MR) is 77.8 cm³/mol. The summed E-state index contributed by atoms with van der Waals surface area (Å²) >= 11 is 0. The fourth-order valence-corrected chi connectivity index (χ4v) is 3.13. The van der Waals surface area contributed by atoms with E-state index in [0.29, 0.717) is 12.0 Å². The van der Waals surface area contributed by atoms with Gasteiger partial charge < -0.3 is 5.32 Å². The van der Waals surface area contributed by atoms with Crippen LogP contribution in [0.4, 0.5) is 0 Å². The number of aromatic nitrogens is 1. The Morgan fingerprint density at radius 1 is 1.37 bits per heavy atom. The van der Waals surface area contributed by atoms with E-state index < -0.39 is 0 Å². The van der Waals surface area contributed by atoms with Crippen molar-refractivity contribution in [2.24, 2.45) is 11.8 Å². The summed E-state index contributed by atoms with van der Waals surface area (Å²) in [7, 11) is 0. The van der Waals surface area contributed by atoms with Gasteiger partial charge >= 0.3 is 0 Å². The van der Waals surface area contributed by atoms with Gasteiger partial charge in [0.25, 0.3) is 0 Å². The lowest BCUT2D eigenvalue weighted by molar-refractivity contribution is 0.0914. The van der Waals surface area contributed by atoms with Crippen LogP contribution in [0.25, 0.3) is 0 Å². The molecule has 2 atom stereocenters. The van der Waals surface area contributed by atoms with E-state index in [1.165, 1.54) is 18.5 Å². The zero-order chi connectivity index (χ0) is 13.2. The van der Waals surface area contributed by atoms with E-state index in [9.17, 15) is 0 Å². The molecule has 1 aromatic rings. The highest BCUT2D eigenvalue weighted by Crippen LogP contribution is 2.37. The maximum Gasteiger partial charge on any atom is 0.0544 e. The van der Waals surface area contributed by atoms with E-state index in [1.54, 1.807) is 0 Å². The average molecular weight is 259 g/mol. The molecule has 0 spiro atoms. The predicted octanol–water partition coefficient (Wildman–Crippen LogP) is 2.29. The van der Waals surface area contributed by atoms with Gasteiger partial charge in [0.15, 0.2) is 0 Å². The first-order valence-corrected chi connectivity index (χ1v) is 7.61. The first kappa shape index (κ1) is 13.1. The van der Waals surface area contributed by atoms with Crippen LogP contribution in [0.2, 0.25) is 0 Å². The molecular formula is C16H25N3. The van der Waals surface area contributed by atoms with Crippen molar-refractivity contribution in [1.29, 1.82) is 0 Å². The molecule has 2 aliphatic rings. The van der Waals surface area contributed by atoms with Crippen LogP contribution in [-0.2, 0) is 6.54 Å².